The molecule has 3 nitrogen and oxygen atoms in total. The third-order valence-electron chi connectivity index (χ3n) is 3.62. The van der Waals surface area contributed by atoms with E-state index >= 15 is 0 Å². The molecule has 0 atom stereocenters. The fourth-order valence-electron chi connectivity index (χ4n) is 2.50. The molecule has 0 unspecified atom stereocenters. The summed E-state index contributed by atoms with van der Waals surface area (Å²) < 4.78 is 18.2. The van der Waals surface area contributed by atoms with E-state index in [1.807, 2.05) is 0 Å². The van der Waals surface area contributed by atoms with Crippen LogP contribution in [0.5, 0.6) is 0 Å². The van der Waals surface area contributed by atoms with Gasteiger partial charge in [-0.15, -0.1) is 0 Å². The summed E-state index contributed by atoms with van der Waals surface area (Å²) in [6.45, 7) is 3.00. The molecule has 0 aromatic heterocycles. The number of benzene rings is 1. The second kappa shape index (κ2) is 6.78. The predicted molar refractivity (Wildman–Crippen MR) is 71.8 cm³/mol. The molecule has 0 spiro atoms. The molecule has 0 N–H and O–H groups in total. The number of likely N-dealkylation sites (tertiary alicyclic amines) is 1. The van der Waals surface area contributed by atoms with Gasteiger partial charge in [-0.3, -0.25) is 9.69 Å². The molecule has 1 heterocycles. The molecule has 104 valence electrons. The number of nitrogens with zero attached hydrogens (tertiary/aromatic N) is 1. The first kappa shape index (κ1) is 14.2. The van der Waals surface area contributed by atoms with Crippen molar-refractivity contribution in [3.05, 3.63) is 35.6 Å². The number of hydrogen-bond donors (Lipinski definition) is 0. The van der Waals surface area contributed by atoms with E-state index in [-0.39, 0.29) is 11.6 Å². The number of ketones is 1. The topological polar surface area (TPSA) is 29.5 Å². The predicted octanol–water partition coefficient (Wildman–Crippen LogP) is 2.37. The van der Waals surface area contributed by atoms with Crippen LogP contribution >= 0.6 is 0 Å². The lowest BCUT2D eigenvalue weighted by Crippen LogP contribution is -2.38. The van der Waals surface area contributed by atoms with E-state index in [1.54, 1.807) is 19.2 Å². The zero-order valence-corrected chi connectivity index (χ0v) is 11.3. The first-order valence-corrected chi connectivity index (χ1v) is 6.69. The van der Waals surface area contributed by atoms with E-state index in [2.05, 4.69) is 4.90 Å². The summed E-state index contributed by atoms with van der Waals surface area (Å²) in [5.74, 6) is 0.236. The molecule has 0 saturated carbocycles. The van der Waals surface area contributed by atoms with Crippen LogP contribution in [0.1, 0.15) is 23.2 Å². The highest BCUT2D eigenvalue weighted by Gasteiger charge is 2.21. The maximum atomic E-state index is 13.1. The van der Waals surface area contributed by atoms with Gasteiger partial charge in [0.05, 0.1) is 6.54 Å². The van der Waals surface area contributed by atoms with Gasteiger partial charge in [-0.05, 0) is 44.0 Å². The number of ether oxygens (including phenoxy) is 1. The minimum absolute atomic E-state index is 0.00954. The molecule has 1 fully saturated rings. The Morgan fingerprint density at radius 1 is 1.42 bits per heavy atom. The number of carbonyl (C=O) groups excluding carboxylic acids is 1. The molecule has 1 aliphatic rings. The Morgan fingerprint density at radius 3 is 2.79 bits per heavy atom. The van der Waals surface area contributed by atoms with Crippen molar-refractivity contribution in [3.63, 3.8) is 0 Å². The van der Waals surface area contributed by atoms with Crippen LogP contribution in [-0.4, -0.2) is 44.0 Å². The average Bonchev–Trinajstić information content (AvgIpc) is 2.41. The molecule has 4 heteroatoms. The highest BCUT2D eigenvalue weighted by Crippen LogP contribution is 2.17. The summed E-state index contributed by atoms with van der Waals surface area (Å²) in [7, 11) is 1.72. The van der Waals surface area contributed by atoms with Crippen LogP contribution in [0, 0.1) is 11.7 Å². The van der Waals surface area contributed by atoms with Gasteiger partial charge in [-0.25, -0.2) is 4.39 Å². The van der Waals surface area contributed by atoms with Crippen LogP contribution < -0.4 is 0 Å². The van der Waals surface area contributed by atoms with E-state index < -0.39 is 0 Å². The van der Waals surface area contributed by atoms with Crippen molar-refractivity contribution in [3.8, 4) is 0 Å². The molecule has 0 amide bonds. The molecule has 2 rings (SSSR count). The number of Topliss-reactive ketones (excluding diaryl/α,β-unsaturated/α-hetero) is 1. The lowest BCUT2D eigenvalue weighted by Gasteiger charge is -2.31. The van der Waals surface area contributed by atoms with E-state index in [4.69, 9.17) is 4.74 Å². The minimum Gasteiger partial charge on any atom is -0.384 e. The van der Waals surface area contributed by atoms with Gasteiger partial charge in [-0.2, -0.15) is 0 Å². The Bertz CT molecular complexity index is 428. The first-order chi connectivity index (χ1) is 9.19. The van der Waals surface area contributed by atoms with Gasteiger partial charge < -0.3 is 4.74 Å². The summed E-state index contributed by atoms with van der Waals surface area (Å²) in [6.07, 6.45) is 2.12. The summed E-state index contributed by atoms with van der Waals surface area (Å²) in [6, 6.07) is 5.91. The monoisotopic (exact) mass is 265 g/mol. The standard InChI is InChI=1S/C15H20FNO2/c1-19-11-12-5-7-17(8-6-12)10-15(18)13-3-2-4-14(16)9-13/h2-4,9,12H,5-8,10-11H2,1H3. The third kappa shape index (κ3) is 4.11. The fraction of sp³-hybridized carbons (Fsp3) is 0.533. The van der Waals surface area contributed by atoms with Gasteiger partial charge in [0.15, 0.2) is 5.78 Å². The quantitative estimate of drug-likeness (QED) is 0.765. The van der Waals surface area contributed by atoms with Crippen LogP contribution in [-0.2, 0) is 4.74 Å². The summed E-state index contributed by atoms with van der Waals surface area (Å²) in [5, 5.41) is 0. The second-order valence-corrected chi connectivity index (χ2v) is 5.11. The molecular weight excluding hydrogens is 245 g/mol. The Morgan fingerprint density at radius 2 is 2.16 bits per heavy atom. The van der Waals surface area contributed by atoms with E-state index in [0.717, 1.165) is 32.5 Å². The molecule has 1 aromatic rings. The van der Waals surface area contributed by atoms with E-state index in [1.165, 1.54) is 12.1 Å². The van der Waals surface area contributed by atoms with Gasteiger partial charge in [0.25, 0.3) is 0 Å². The maximum Gasteiger partial charge on any atom is 0.176 e. The Balaban J connectivity index is 1.84. The van der Waals surface area contributed by atoms with E-state index in [9.17, 15) is 9.18 Å². The molecule has 1 aliphatic heterocycles. The molecule has 1 saturated heterocycles. The van der Waals surface area contributed by atoms with Crippen molar-refractivity contribution < 1.29 is 13.9 Å². The molecule has 19 heavy (non-hydrogen) atoms. The van der Waals surface area contributed by atoms with Crippen molar-refractivity contribution in [2.75, 3.05) is 33.4 Å². The number of methoxy groups -OCH3 is 1. The Hall–Kier alpha value is -1.26. The van der Waals surface area contributed by atoms with Gasteiger partial charge in [0.1, 0.15) is 5.82 Å². The van der Waals surface area contributed by atoms with Crippen LogP contribution in [0.3, 0.4) is 0 Å². The van der Waals surface area contributed by atoms with E-state index in [0.29, 0.717) is 18.0 Å². The maximum absolute atomic E-state index is 13.1. The van der Waals surface area contributed by atoms with Crippen molar-refractivity contribution in [2.45, 2.75) is 12.8 Å². The number of hydrogen-bond acceptors (Lipinski definition) is 3. The number of carbonyl (C=O) groups is 1. The lowest BCUT2D eigenvalue weighted by atomic mass is 9.97. The molecule has 1 aromatic carbocycles. The van der Waals surface area contributed by atoms with Crippen LogP contribution in [0.4, 0.5) is 4.39 Å². The van der Waals surface area contributed by atoms with Crippen molar-refractivity contribution in [1.82, 2.24) is 4.90 Å². The van der Waals surface area contributed by atoms with Gasteiger partial charge in [0, 0.05) is 19.3 Å². The highest BCUT2D eigenvalue weighted by atomic mass is 19.1. The third-order valence-corrected chi connectivity index (χ3v) is 3.62. The molecule has 0 bridgehead atoms. The number of piperidine rings is 1. The largest absolute Gasteiger partial charge is 0.384 e. The van der Waals surface area contributed by atoms with Gasteiger partial charge >= 0.3 is 0 Å². The second-order valence-electron chi connectivity index (χ2n) is 5.11. The summed E-state index contributed by atoms with van der Waals surface area (Å²) in [4.78, 5) is 14.2. The minimum atomic E-state index is -0.357. The fourth-order valence-corrected chi connectivity index (χ4v) is 2.50. The summed E-state index contributed by atoms with van der Waals surface area (Å²) >= 11 is 0. The zero-order valence-electron chi connectivity index (χ0n) is 11.3. The molecule has 0 aliphatic carbocycles. The average molecular weight is 265 g/mol. The van der Waals surface area contributed by atoms with Crippen molar-refractivity contribution in [1.29, 1.82) is 0 Å². The SMILES string of the molecule is COCC1CCN(CC(=O)c2cccc(F)c2)CC1. The molecular formula is C15H20FNO2. The van der Waals surface area contributed by atoms with Crippen LogP contribution in [0.15, 0.2) is 24.3 Å². The van der Waals surface area contributed by atoms with Gasteiger partial charge in [0.2, 0.25) is 0 Å². The zero-order chi connectivity index (χ0) is 13.7. The Kier molecular flexibility index (Phi) is 5.05. The highest BCUT2D eigenvalue weighted by molar-refractivity contribution is 5.97. The number of halogens is 1. The van der Waals surface area contributed by atoms with Gasteiger partial charge in [-0.1, -0.05) is 12.1 Å². The van der Waals surface area contributed by atoms with Crippen LogP contribution in [0.2, 0.25) is 0 Å². The first-order valence-electron chi connectivity index (χ1n) is 6.69. The Labute approximate surface area is 113 Å². The smallest absolute Gasteiger partial charge is 0.176 e. The van der Waals surface area contributed by atoms with Crippen LogP contribution in [0.25, 0.3) is 0 Å². The number of rotatable bonds is 5. The molecule has 0 radical (unpaired) electrons. The van der Waals surface area contributed by atoms with Crippen molar-refractivity contribution >= 4 is 5.78 Å². The lowest BCUT2D eigenvalue weighted by molar-refractivity contribution is 0.0809. The normalized spacial score (nSPS) is 17.6. The summed E-state index contributed by atoms with van der Waals surface area (Å²) in [5.41, 5.74) is 0.457. The van der Waals surface area contributed by atoms with Crippen molar-refractivity contribution in [2.24, 2.45) is 5.92 Å².